The molecule has 4 atom stereocenters. The highest BCUT2D eigenvalue weighted by molar-refractivity contribution is 5.13. The van der Waals surface area contributed by atoms with Crippen molar-refractivity contribution in [2.75, 3.05) is 13.2 Å². The number of aliphatic hydroxyl groups excluding tert-OH is 1. The average molecular weight is 335 g/mol. The first-order valence-electron chi connectivity index (χ1n) is 7.82. The van der Waals surface area contributed by atoms with Gasteiger partial charge in [-0.05, 0) is 24.9 Å². The van der Waals surface area contributed by atoms with Gasteiger partial charge in [0, 0.05) is 4.91 Å². The molecule has 0 unspecified atom stereocenters. The van der Waals surface area contributed by atoms with Crippen molar-refractivity contribution >= 4 is 0 Å². The number of hydrogen-bond acceptors (Lipinski definition) is 6. The van der Waals surface area contributed by atoms with Crippen LogP contribution in [0.2, 0.25) is 0 Å². The van der Waals surface area contributed by atoms with Crippen molar-refractivity contribution in [2.24, 2.45) is 5.11 Å². The Hall–Kier alpha value is -1.67. The Labute approximate surface area is 139 Å². The van der Waals surface area contributed by atoms with Gasteiger partial charge >= 0.3 is 0 Å². The molecule has 0 bridgehead atoms. The molecule has 2 saturated heterocycles. The molecule has 3 rings (SSSR count). The maximum Gasteiger partial charge on any atom is 0.224 e. The van der Waals surface area contributed by atoms with Crippen LogP contribution in [0.15, 0.2) is 35.4 Å². The molecule has 2 fully saturated rings. The molecular weight excluding hydrogens is 314 g/mol. The maximum atomic E-state index is 10.6. The fourth-order valence-corrected chi connectivity index (χ4v) is 2.98. The van der Waals surface area contributed by atoms with E-state index in [1.807, 2.05) is 30.3 Å². The molecule has 0 saturated carbocycles. The fourth-order valence-electron chi connectivity index (χ4n) is 2.98. The van der Waals surface area contributed by atoms with Crippen LogP contribution in [0, 0.1) is 0 Å². The van der Waals surface area contributed by atoms with Gasteiger partial charge in [-0.1, -0.05) is 35.4 Å². The van der Waals surface area contributed by atoms with E-state index in [9.17, 15) is 5.11 Å². The van der Waals surface area contributed by atoms with Gasteiger partial charge in [-0.25, -0.2) is 0 Å². The van der Waals surface area contributed by atoms with Crippen LogP contribution >= 0.6 is 0 Å². The highest BCUT2D eigenvalue weighted by Gasteiger charge is 2.58. The van der Waals surface area contributed by atoms with E-state index in [1.54, 1.807) is 13.8 Å². The minimum absolute atomic E-state index is 0.0376. The third-order valence-electron chi connectivity index (χ3n) is 4.15. The van der Waals surface area contributed by atoms with E-state index in [4.69, 9.17) is 24.5 Å². The van der Waals surface area contributed by atoms with E-state index in [2.05, 4.69) is 10.0 Å². The van der Waals surface area contributed by atoms with Crippen LogP contribution in [0.1, 0.15) is 19.4 Å². The van der Waals surface area contributed by atoms with E-state index in [0.717, 1.165) is 5.56 Å². The van der Waals surface area contributed by atoms with Crippen molar-refractivity contribution in [2.45, 2.75) is 50.3 Å². The summed E-state index contributed by atoms with van der Waals surface area (Å²) >= 11 is 0. The van der Waals surface area contributed by atoms with Crippen LogP contribution < -0.4 is 0 Å². The normalized spacial score (nSPS) is 34.9. The molecule has 0 radical (unpaired) electrons. The lowest BCUT2D eigenvalue weighted by Gasteiger charge is -2.44. The van der Waals surface area contributed by atoms with Crippen molar-refractivity contribution < 1.29 is 24.1 Å². The molecule has 130 valence electrons. The lowest BCUT2D eigenvalue weighted by molar-refractivity contribution is -0.333. The molecule has 0 aliphatic carbocycles. The molecule has 1 aromatic rings. The lowest BCUT2D eigenvalue weighted by Crippen LogP contribution is -2.63. The molecule has 8 heteroatoms. The van der Waals surface area contributed by atoms with Gasteiger partial charge in [0.25, 0.3) is 0 Å². The average Bonchev–Trinajstić information content (AvgIpc) is 2.87. The van der Waals surface area contributed by atoms with Crippen LogP contribution in [0.4, 0.5) is 0 Å². The third kappa shape index (κ3) is 3.39. The highest BCUT2D eigenvalue weighted by atomic mass is 16.8. The summed E-state index contributed by atoms with van der Waals surface area (Å²) in [6, 6.07) is 8.83. The van der Waals surface area contributed by atoms with Crippen molar-refractivity contribution in [3.63, 3.8) is 0 Å². The molecule has 1 spiro atoms. The first-order valence-corrected chi connectivity index (χ1v) is 7.82. The molecule has 1 aromatic carbocycles. The summed E-state index contributed by atoms with van der Waals surface area (Å²) < 4.78 is 23.3. The number of azide groups is 1. The second-order valence-corrected chi connectivity index (χ2v) is 6.39. The summed E-state index contributed by atoms with van der Waals surface area (Å²) in [5.74, 6) is -2.07. The van der Waals surface area contributed by atoms with E-state index in [0.29, 0.717) is 0 Å². The molecule has 0 amide bonds. The zero-order valence-corrected chi connectivity index (χ0v) is 13.7. The Bertz CT molecular complexity index is 619. The largest absolute Gasteiger partial charge is 0.390 e. The summed E-state index contributed by atoms with van der Waals surface area (Å²) in [5, 5.41) is 14.2. The zero-order chi connectivity index (χ0) is 17.2. The summed E-state index contributed by atoms with van der Waals surface area (Å²) in [4.78, 5) is 2.76. The van der Waals surface area contributed by atoms with Crippen LogP contribution in [-0.4, -0.2) is 48.1 Å². The predicted octanol–water partition coefficient (Wildman–Crippen LogP) is 2.12. The van der Waals surface area contributed by atoms with Gasteiger partial charge in [-0.2, -0.15) is 0 Å². The van der Waals surface area contributed by atoms with Gasteiger partial charge in [0.15, 0.2) is 5.79 Å². The smallest absolute Gasteiger partial charge is 0.224 e. The Morgan fingerprint density at radius 2 is 2.08 bits per heavy atom. The maximum absolute atomic E-state index is 10.6. The van der Waals surface area contributed by atoms with Crippen molar-refractivity contribution in [3.8, 4) is 0 Å². The fraction of sp³-hybridized carbons (Fsp3) is 0.625. The Kier molecular flexibility index (Phi) is 4.78. The zero-order valence-electron chi connectivity index (χ0n) is 13.7. The van der Waals surface area contributed by atoms with Crippen LogP contribution in [0.25, 0.3) is 10.4 Å². The van der Waals surface area contributed by atoms with Crippen molar-refractivity contribution in [1.82, 2.24) is 0 Å². The molecule has 2 aliphatic heterocycles. The Balaban J connectivity index is 1.81. The van der Waals surface area contributed by atoms with Gasteiger partial charge in [0.1, 0.15) is 12.7 Å². The quantitative estimate of drug-likeness (QED) is 0.515. The molecule has 0 aromatic heterocycles. The number of ether oxygens (including phenoxy) is 4. The van der Waals surface area contributed by atoms with Gasteiger partial charge in [-0.15, -0.1) is 0 Å². The topological polar surface area (TPSA) is 106 Å². The van der Waals surface area contributed by atoms with Crippen LogP contribution in [0.5, 0.6) is 0 Å². The number of benzene rings is 1. The molecule has 1 N–H and O–H groups in total. The second kappa shape index (κ2) is 6.68. The minimum Gasteiger partial charge on any atom is -0.390 e. The Morgan fingerprint density at radius 3 is 2.71 bits per heavy atom. The molecule has 2 heterocycles. The summed E-state index contributed by atoms with van der Waals surface area (Å²) in [5.41, 5.74) is 9.61. The Morgan fingerprint density at radius 1 is 1.33 bits per heavy atom. The van der Waals surface area contributed by atoms with Crippen molar-refractivity contribution in [1.29, 1.82) is 0 Å². The predicted molar refractivity (Wildman–Crippen MR) is 83.8 cm³/mol. The first-order chi connectivity index (χ1) is 11.5. The van der Waals surface area contributed by atoms with Crippen LogP contribution in [-0.2, 0) is 25.6 Å². The molecule has 8 nitrogen and oxygen atoms in total. The summed E-state index contributed by atoms with van der Waals surface area (Å²) in [6.45, 7) is 3.96. The highest BCUT2D eigenvalue weighted by Crippen LogP contribution is 2.40. The third-order valence-corrected chi connectivity index (χ3v) is 4.15. The van der Waals surface area contributed by atoms with E-state index >= 15 is 0 Å². The van der Waals surface area contributed by atoms with Gasteiger partial charge < -0.3 is 24.1 Å². The van der Waals surface area contributed by atoms with Crippen LogP contribution in [0.3, 0.4) is 0 Å². The second-order valence-electron chi connectivity index (χ2n) is 6.39. The summed E-state index contributed by atoms with van der Waals surface area (Å²) in [7, 11) is 0. The molecular formula is C16H21N3O5. The number of aliphatic hydroxyl groups is 1. The lowest BCUT2D eigenvalue weighted by atomic mass is 9.95. The van der Waals surface area contributed by atoms with E-state index in [-0.39, 0.29) is 19.8 Å². The SMILES string of the molecule is CC1(C)OC[C@]2(OC[C@@H](N=[N+]=[N-])[C@@H](O)[C@@H]2OCc2ccccc2)O1. The summed E-state index contributed by atoms with van der Waals surface area (Å²) in [6.07, 6.45) is -1.90. The first kappa shape index (κ1) is 17.2. The number of hydrogen-bond donors (Lipinski definition) is 1. The van der Waals surface area contributed by atoms with Gasteiger partial charge in [0.05, 0.1) is 25.4 Å². The van der Waals surface area contributed by atoms with Crippen molar-refractivity contribution in [3.05, 3.63) is 46.3 Å². The standard InChI is InChI=1S/C16H21N3O5/c1-15(2)23-10-16(24-15)14(13(20)12(9-22-16)18-19-17)21-8-11-6-4-3-5-7-11/h3-7,12-14,20H,8-10H2,1-2H3/t12-,13-,14+,16+/m1/s1. The van der Waals surface area contributed by atoms with Gasteiger partial charge in [-0.3, -0.25) is 0 Å². The number of nitrogens with zero attached hydrogens (tertiary/aromatic N) is 3. The molecule has 2 aliphatic rings. The number of rotatable bonds is 4. The van der Waals surface area contributed by atoms with E-state index in [1.165, 1.54) is 0 Å². The monoisotopic (exact) mass is 335 g/mol. The van der Waals surface area contributed by atoms with E-state index < -0.39 is 29.8 Å². The molecule has 24 heavy (non-hydrogen) atoms. The minimum atomic E-state index is -1.22. The van der Waals surface area contributed by atoms with Gasteiger partial charge in [0.2, 0.25) is 5.79 Å².